The van der Waals surface area contributed by atoms with Crippen LogP contribution in [0.2, 0.25) is 0 Å². The number of hydrogen-bond acceptors (Lipinski definition) is 3. The fourth-order valence-corrected chi connectivity index (χ4v) is 2.36. The Bertz CT molecular complexity index is 435. The highest BCUT2D eigenvalue weighted by molar-refractivity contribution is 7.80. The molecule has 0 aliphatic heterocycles. The van der Waals surface area contributed by atoms with Crippen molar-refractivity contribution in [1.82, 2.24) is 15.0 Å². The lowest BCUT2D eigenvalue weighted by Crippen LogP contribution is -2.14. The van der Waals surface area contributed by atoms with Crippen LogP contribution in [-0.2, 0) is 6.42 Å². The summed E-state index contributed by atoms with van der Waals surface area (Å²) < 4.78 is 2.07. The Labute approximate surface area is 100 Å². The second-order valence-corrected chi connectivity index (χ2v) is 5.56. The zero-order valence-corrected chi connectivity index (χ0v) is 10.2. The van der Waals surface area contributed by atoms with Gasteiger partial charge in [0.2, 0.25) is 0 Å². The third kappa shape index (κ3) is 1.73. The van der Waals surface area contributed by atoms with E-state index in [1.165, 1.54) is 25.0 Å². The van der Waals surface area contributed by atoms with Gasteiger partial charge in [0.05, 0.1) is 11.7 Å². The van der Waals surface area contributed by atoms with Crippen molar-refractivity contribution in [3.8, 4) is 0 Å². The van der Waals surface area contributed by atoms with Crippen LogP contribution in [-0.4, -0.2) is 20.0 Å². The summed E-state index contributed by atoms with van der Waals surface area (Å²) in [6, 6.07) is 0.532. The molecule has 0 saturated heterocycles. The lowest BCUT2D eigenvalue weighted by Gasteiger charge is -2.05. The number of thiocarbonyl (C=S) groups is 1. The Morgan fingerprint density at radius 2 is 2.25 bits per heavy atom. The van der Waals surface area contributed by atoms with Crippen LogP contribution in [0.4, 0.5) is 0 Å². The second-order valence-electron chi connectivity index (χ2n) is 5.12. The largest absolute Gasteiger partial charge is 0.388 e. The van der Waals surface area contributed by atoms with Crippen molar-refractivity contribution in [2.45, 2.75) is 38.6 Å². The van der Waals surface area contributed by atoms with Gasteiger partial charge in [-0.1, -0.05) is 24.4 Å². The Balaban J connectivity index is 1.93. The van der Waals surface area contributed by atoms with Gasteiger partial charge in [0.15, 0.2) is 0 Å². The van der Waals surface area contributed by atoms with Crippen molar-refractivity contribution in [1.29, 1.82) is 0 Å². The molecule has 2 saturated carbocycles. The van der Waals surface area contributed by atoms with E-state index < -0.39 is 0 Å². The van der Waals surface area contributed by atoms with Gasteiger partial charge < -0.3 is 5.73 Å². The fourth-order valence-electron chi connectivity index (χ4n) is 2.20. The first-order chi connectivity index (χ1) is 7.66. The van der Waals surface area contributed by atoms with E-state index in [-0.39, 0.29) is 0 Å². The average Bonchev–Trinajstić information content (AvgIpc) is 3.10. The molecule has 0 bridgehead atoms. The summed E-state index contributed by atoms with van der Waals surface area (Å²) in [5, 5.41) is 8.37. The predicted molar refractivity (Wildman–Crippen MR) is 65.2 cm³/mol. The van der Waals surface area contributed by atoms with Gasteiger partial charge in [0.1, 0.15) is 10.7 Å². The maximum atomic E-state index is 5.69. The summed E-state index contributed by atoms with van der Waals surface area (Å²) in [4.78, 5) is 0.384. The van der Waals surface area contributed by atoms with Gasteiger partial charge in [-0.2, -0.15) is 0 Å². The zero-order valence-electron chi connectivity index (χ0n) is 9.39. The Morgan fingerprint density at radius 3 is 2.75 bits per heavy atom. The van der Waals surface area contributed by atoms with E-state index in [2.05, 4.69) is 21.9 Å². The van der Waals surface area contributed by atoms with Crippen molar-refractivity contribution < 1.29 is 0 Å². The highest BCUT2D eigenvalue weighted by Crippen LogP contribution is 2.44. The molecule has 1 aromatic rings. The summed E-state index contributed by atoms with van der Waals surface area (Å²) >= 11 is 5.03. The minimum absolute atomic E-state index is 0.384. The first-order valence-electron chi connectivity index (χ1n) is 5.90. The zero-order chi connectivity index (χ0) is 11.3. The molecule has 2 N–H and O–H groups in total. The minimum atomic E-state index is 0.384. The number of nitrogens with two attached hydrogens (primary N) is 1. The molecule has 0 spiro atoms. The van der Waals surface area contributed by atoms with Crippen molar-refractivity contribution >= 4 is 17.2 Å². The third-order valence-corrected chi connectivity index (χ3v) is 3.78. The molecule has 86 valence electrons. The molecule has 3 rings (SSSR count). The van der Waals surface area contributed by atoms with E-state index in [0.717, 1.165) is 24.0 Å². The summed E-state index contributed by atoms with van der Waals surface area (Å²) in [6.07, 6.45) is 4.89. The van der Waals surface area contributed by atoms with E-state index in [9.17, 15) is 0 Å². The summed E-state index contributed by atoms with van der Waals surface area (Å²) in [6.45, 7) is 2.24. The van der Waals surface area contributed by atoms with Gasteiger partial charge in [-0.15, -0.1) is 5.10 Å². The van der Waals surface area contributed by atoms with Crippen LogP contribution in [0.15, 0.2) is 0 Å². The molecule has 1 heterocycles. The van der Waals surface area contributed by atoms with E-state index in [1.807, 2.05) is 0 Å². The van der Waals surface area contributed by atoms with Crippen molar-refractivity contribution in [3.63, 3.8) is 0 Å². The standard InChI is InChI=1S/C11H16N4S/c1-6-4-8(6)15-9(5-7-2-3-7)10(11(12)16)13-14-15/h6-8H,2-5H2,1H3,(H2,12,16). The van der Waals surface area contributed by atoms with Crippen LogP contribution in [0.25, 0.3) is 0 Å². The van der Waals surface area contributed by atoms with E-state index in [4.69, 9.17) is 18.0 Å². The maximum Gasteiger partial charge on any atom is 0.143 e. The summed E-state index contributed by atoms with van der Waals surface area (Å²) in [5.41, 5.74) is 7.62. The van der Waals surface area contributed by atoms with Gasteiger partial charge in [-0.25, -0.2) is 4.68 Å². The molecule has 4 nitrogen and oxygen atoms in total. The van der Waals surface area contributed by atoms with Gasteiger partial charge in [0, 0.05) is 0 Å². The minimum Gasteiger partial charge on any atom is -0.388 e. The summed E-state index contributed by atoms with van der Waals surface area (Å²) in [5.74, 6) is 1.53. The molecule has 0 amide bonds. The van der Waals surface area contributed by atoms with Gasteiger partial charge in [0.25, 0.3) is 0 Å². The number of hydrogen-bond donors (Lipinski definition) is 1. The van der Waals surface area contributed by atoms with Crippen LogP contribution < -0.4 is 5.73 Å². The first kappa shape index (κ1) is 10.2. The van der Waals surface area contributed by atoms with Crippen LogP contribution in [0.1, 0.15) is 43.6 Å². The molecular formula is C11H16N4S. The molecule has 2 aliphatic rings. The smallest absolute Gasteiger partial charge is 0.143 e. The molecule has 2 atom stereocenters. The average molecular weight is 236 g/mol. The Kier molecular flexibility index (Phi) is 2.24. The third-order valence-electron chi connectivity index (χ3n) is 3.58. The Morgan fingerprint density at radius 1 is 1.56 bits per heavy atom. The van der Waals surface area contributed by atoms with E-state index >= 15 is 0 Å². The van der Waals surface area contributed by atoms with Crippen LogP contribution in [0.5, 0.6) is 0 Å². The number of rotatable bonds is 4. The fraction of sp³-hybridized carbons (Fsp3) is 0.727. The topological polar surface area (TPSA) is 56.7 Å². The van der Waals surface area contributed by atoms with Crippen LogP contribution in [0.3, 0.4) is 0 Å². The number of aromatic nitrogens is 3. The molecule has 0 aromatic carbocycles. The molecule has 1 aromatic heterocycles. The SMILES string of the molecule is CC1CC1n1nnc(C(N)=S)c1CC1CC1. The normalized spacial score (nSPS) is 28.1. The molecular weight excluding hydrogens is 220 g/mol. The summed E-state index contributed by atoms with van der Waals surface area (Å²) in [7, 11) is 0. The van der Waals surface area contributed by atoms with Gasteiger partial charge in [-0.05, 0) is 37.5 Å². The lowest BCUT2D eigenvalue weighted by atomic mass is 10.2. The van der Waals surface area contributed by atoms with Crippen molar-refractivity contribution in [2.24, 2.45) is 17.6 Å². The molecule has 0 radical (unpaired) electrons. The van der Waals surface area contributed by atoms with Gasteiger partial charge in [-0.3, -0.25) is 0 Å². The molecule has 2 aliphatic carbocycles. The van der Waals surface area contributed by atoms with Crippen LogP contribution >= 0.6 is 12.2 Å². The second kappa shape index (κ2) is 3.52. The van der Waals surface area contributed by atoms with Gasteiger partial charge >= 0.3 is 0 Å². The maximum absolute atomic E-state index is 5.69. The van der Waals surface area contributed by atoms with E-state index in [1.54, 1.807) is 0 Å². The quantitative estimate of drug-likeness (QED) is 0.804. The lowest BCUT2D eigenvalue weighted by molar-refractivity contribution is 0.547. The van der Waals surface area contributed by atoms with E-state index in [0.29, 0.717) is 11.0 Å². The van der Waals surface area contributed by atoms with Crippen molar-refractivity contribution in [2.75, 3.05) is 0 Å². The Hall–Kier alpha value is -0.970. The molecule has 2 unspecified atom stereocenters. The van der Waals surface area contributed by atoms with Crippen LogP contribution in [0, 0.1) is 11.8 Å². The highest BCUT2D eigenvalue weighted by Gasteiger charge is 2.38. The number of nitrogens with zero attached hydrogens (tertiary/aromatic N) is 3. The molecule has 5 heteroatoms. The molecule has 16 heavy (non-hydrogen) atoms. The predicted octanol–water partition coefficient (Wildman–Crippen LogP) is 1.45. The van der Waals surface area contributed by atoms with Crippen molar-refractivity contribution in [3.05, 3.63) is 11.4 Å². The monoisotopic (exact) mass is 236 g/mol. The molecule has 2 fully saturated rings. The first-order valence-corrected chi connectivity index (χ1v) is 6.31. The highest BCUT2D eigenvalue weighted by atomic mass is 32.1.